The lowest BCUT2D eigenvalue weighted by Gasteiger charge is -2.43. The smallest absolute Gasteiger partial charge is 0.238 e. The maximum absolute atomic E-state index is 13.5. The Labute approximate surface area is 199 Å². The van der Waals surface area contributed by atoms with Crippen molar-refractivity contribution in [3.63, 3.8) is 0 Å². The number of nitrogens with zero attached hydrogens (tertiary/aromatic N) is 2. The zero-order valence-corrected chi connectivity index (χ0v) is 20.0. The minimum Gasteiger partial charge on any atom is -0.497 e. The van der Waals surface area contributed by atoms with E-state index in [0.717, 1.165) is 5.56 Å². The van der Waals surface area contributed by atoms with Gasteiger partial charge in [0.25, 0.3) is 0 Å². The molecular weight excluding hydrogens is 452 g/mol. The molecule has 4 rings (SSSR count). The van der Waals surface area contributed by atoms with Crippen LogP contribution in [-0.2, 0) is 14.8 Å². The number of methoxy groups -OCH3 is 1. The topological polar surface area (TPSA) is 140 Å². The first-order valence-corrected chi connectivity index (χ1v) is 12.2. The van der Waals surface area contributed by atoms with E-state index in [9.17, 15) is 18.5 Å². The second-order valence-electron chi connectivity index (χ2n) is 9.30. The molecule has 34 heavy (non-hydrogen) atoms. The van der Waals surface area contributed by atoms with Gasteiger partial charge in [0.15, 0.2) is 5.78 Å². The fourth-order valence-electron chi connectivity index (χ4n) is 4.74. The van der Waals surface area contributed by atoms with Crippen LogP contribution in [0.4, 0.5) is 5.69 Å². The van der Waals surface area contributed by atoms with Crippen molar-refractivity contribution in [2.75, 3.05) is 12.0 Å². The number of Topliss-reactive ketones (excluding diaryl/α,β-unsaturated/α-hetero) is 1. The van der Waals surface area contributed by atoms with Crippen molar-refractivity contribution in [2.24, 2.45) is 16.3 Å². The van der Waals surface area contributed by atoms with Crippen molar-refractivity contribution < 1.29 is 17.9 Å². The molecule has 0 saturated carbocycles. The first-order valence-electron chi connectivity index (χ1n) is 10.7. The Morgan fingerprint density at radius 1 is 1.15 bits per heavy atom. The van der Waals surface area contributed by atoms with Gasteiger partial charge in [0.1, 0.15) is 11.6 Å². The minimum atomic E-state index is -3.87. The first kappa shape index (κ1) is 23.5. The number of sulfonamides is 1. The molecule has 1 atom stereocenters. The van der Waals surface area contributed by atoms with Crippen LogP contribution >= 0.6 is 0 Å². The molecule has 0 unspecified atom stereocenters. The lowest BCUT2D eigenvalue weighted by molar-refractivity contribution is -0.118. The normalized spacial score (nSPS) is 20.1. The third kappa shape index (κ3) is 4.06. The summed E-state index contributed by atoms with van der Waals surface area (Å²) in [5.41, 5.74) is 9.02. The number of allylic oxidation sites excluding steroid dienone is 3. The van der Waals surface area contributed by atoms with E-state index in [1.807, 2.05) is 32.0 Å². The van der Waals surface area contributed by atoms with E-state index < -0.39 is 15.9 Å². The standard InChI is InChI=1S/C25H26N4O4S/c1-25(2)12-20-23(21(30)13-25)22(15-5-4-6-17(11-15)33-3)19(14-26)24(27)29(20)16-7-9-18(10-8-16)34(28,31)32/h4-11,22H,12-13,27H2,1-3H3,(H2,28,31,32)/t22-/m1/s1. The largest absolute Gasteiger partial charge is 0.497 e. The lowest BCUT2D eigenvalue weighted by atomic mass is 9.68. The molecular formula is C25H26N4O4S. The summed E-state index contributed by atoms with van der Waals surface area (Å²) in [6.45, 7) is 4.02. The second-order valence-corrected chi connectivity index (χ2v) is 10.9. The monoisotopic (exact) mass is 478 g/mol. The maximum Gasteiger partial charge on any atom is 0.238 e. The number of rotatable bonds is 4. The maximum atomic E-state index is 13.5. The molecule has 2 aromatic carbocycles. The van der Waals surface area contributed by atoms with Crippen molar-refractivity contribution in [2.45, 2.75) is 37.5 Å². The van der Waals surface area contributed by atoms with E-state index >= 15 is 0 Å². The summed E-state index contributed by atoms with van der Waals surface area (Å²) in [6.07, 6.45) is 0.883. The van der Waals surface area contributed by atoms with Crippen molar-refractivity contribution in [3.8, 4) is 11.8 Å². The van der Waals surface area contributed by atoms with Gasteiger partial charge < -0.3 is 10.5 Å². The SMILES string of the molecule is COc1cccc([C@@H]2C(C#N)=C(N)N(c3ccc(S(N)(=O)=O)cc3)C3=C2C(=O)CC(C)(C)C3)c1. The van der Waals surface area contributed by atoms with Crippen molar-refractivity contribution in [1.82, 2.24) is 0 Å². The third-order valence-electron chi connectivity index (χ3n) is 6.23. The van der Waals surface area contributed by atoms with Gasteiger partial charge in [0.2, 0.25) is 10.0 Å². The molecule has 1 aliphatic carbocycles. The van der Waals surface area contributed by atoms with Gasteiger partial charge in [-0.2, -0.15) is 5.26 Å². The molecule has 1 aliphatic heterocycles. The van der Waals surface area contributed by atoms with Gasteiger partial charge in [-0.25, -0.2) is 13.6 Å². The van der Waals surface area contributed by atoms with E-state index in [2.05, 4.69) is 6.07 Å². The summed E-state index contributed by atoms with van der Waals surface area (Å²) < 4.78 is 28.8. The predicted molar refractivity (Wildman–Crippen MR) is 128 cm³/mol. The van der Waals surface area contributed by atoms with Crippen LogP contribution in [0.3, 0.4) is 0 Å². The predicted octanol–water partition coefficient (Wildman–Crippen LogP) is 3.28. The number of primary sulfonamides is 1. The molecule has 0 spiro atoms. The Hall–Kier alpha value is -3.61. The quantitative estimate of drug-likeness (QED) is 0.687. The first-order chi connectivity index (χ1) is 16.0. The number of anilines is 1. The summed E-state index contributed by atoms with van der Waals surface area (Å²) >= 11 is 0. The molecule has 0 radical (unpaired) electrons. The number of nitrogens with two attached hydrogens (primary N) is 2. The molecule has 0 amide bonds. The van der Waals surface area contributed by atoms with Gasteiger partial charge in [0.05, 0.1) is 29.6 Å². The minimum absolute atomic E-state index is 0.0418. The highest BCUT2D eigenvalue weighted by atomic mass is 32.2. The number of nitriles is 1. The molecule has 2 aromatic rings. The molecule has 0 saturated heterocycles. The van der Waals surface area contributed by atoms with Crippen LogP contribution in [0.5, 0.6) is 5.75 Å². The number of ether oxygens (including phenoxy) is 1. The van der Waals surface area contributed by atoms with Gasteiger partial charge >= 0.3 is 0 Å². The highest BCUT2D eigenvalue weighted by Crippen LogP contribution is 2.50. The fourth-order valence-corrected chi connectivity index (χ4v) is 5.26. The summed E-state index contributed by atoms with van der Waals surface area (Å²) in [7, 11) is -2.32. The van der Waals surface area contributed by atoms with Gasteiger partial charge in [-0.1, -0.05) is 26.0 Å². The number of benzene rings is 2. The summed E-state index contributed by atoms with van der Waals surface area (Å²) in [6, 6.07) is 15.4. The highest BCUT2D eigenvalue weighted by Gasteiger charge is 2.44. The molecule has 0 fully saturated rings. The number of ketones is 1. The van der Waals surface area contributed by atoms with Crippen molar-refractivity contribution in [3.05, 3.63) is 76.8 Å². The zero-order chi connectivity index (χ0) is 24.8. The molecule has 9 heteroatoms. The van der Waals surface area contributed by atoms with Crippen LogP contribution in [0.15, 0.2) is 76.1 Å². The van der Waals surface area contributed by atoms with Crippen LogP contribution in [0, 0.1) is 16.7 Å². The van der Waals surface area contributed by atoms with Gasteiger partial charge in [-0.15, -0.1) is 0 Å². The summed E-state index contributed by atoms with van der Waals surface area (Å²) in [5.74, 6) is 0.132. The summed E-state index contributed by atoms with van der Waals surface area (Å²) in [4.78, 5) is 15.2. The molecule has 0 bridgehead atoms. The molecule has 176 valence electrons. The van der Waals surface area contributed by atoms with Gasteiger partial charge in [-0.05, 0) is 53.8 Å². The second kappa shape index (κ2) is 8.31. The van der Waals surface area contributed by atoms with E-state index in [-0.39, 0.29) is 27.5 Å². The average molecular weight is 479 g/mol. The van der Waals surface area contributed by atoms with Crippen LogP contribution in [-0.4, -0.2) is 21.3 Å². The van der Waals surface area contributed by atoms with Gasteiger partial charge in [-0.3, -0.25) is 9.69 Å². The average Bonchev–Trinajstić information content (AvgIpc) is 2.77. The van der Waals surface area contributed by atoms with Crippen molar-refractivity contribution in [1.29, 1.82) is 5.26 Å². The number of hydrogen-bond acceptors (Lipinski definition) is 7. The van der Waals surface area contributed by atoms with Crippen LogP contribution in [0.2, 0.25) is 0 Å². The molecule has 8 nitrogen and oxygen atoms in total. The van der Waals surface area contributed by atoms with Crippen LogP contribution in [0.1, 0.15) is 38.2 Å². The van der Waals surface area contributed by atoms with Crippen LogP contribution < -0.4 is 20.5 Å². The Kier molecular flexibility index (Phi) is 5.75. The van der Waals surface area contributed by atoms with Crippen LogP contribution in [0.25, 0.3) is 0 Å². The number of carbonyl (C=O) groups is 1. The van der Waals surface area contributed by atoms with Gasteiger partial charge in [0, 0.05) is 23.4 Å². The molecule has 2 aliphatic rings. The molecule has 1 heterocycles. The Balaban J connectivity index is 1.97. The third-order valence-corrected chi connectivity index (χ3v) is 7.16. The number of hydrogen-bond donors (Lipinski definition) is 2. The Bertz CT molecular complexity index is 1380. The van der Waals surface area contributed by atoms with Crippen molar-refractivity contribution >= 4 is 21.5 Å². The Morgan fingerprint density at radius 2 is 1.82 bits per heavy atom. The van der Waals surface area contributed by atoms with E-state index in [0.29, 0.717) is 35.5 Å². The molecule has 0 aromatic heterocycles. The summed E-state index contributed by atoms with van der Waals surface area (Å²) in [5, 5.41) is 15.4. The lowest BCUT2D eigenvalue weighted by Crippen LogP contribution is -2.42. The fraction of sp³-hybridized carbons (Fsp3) is 0.280. The zero-order valence-electron chi connectivity index (χ0n) is 19.2. The van der Waals surface area contributed by atoms with E-state index in [1.165, 1.54) is 12.1 Å². The van der Waals surface area contributed by atoms with E-state index in [4.69, 9.17) is 15.6 Å². The molecule has 4 N–H and O–H groups in total. The van der Waals surface area contributed by atoms with E-state index in [1.54, 1.807) is 30.2 Å². The Morgan fingerprint density at radius 3 is 2.41 bits per heavy atom. The number of carbonyl (C=O) groups excluding carboxylic acids is 1. The highest BCUT2D eigenvalue weighted by molar-refractivity contribution is 7.89.